The van der Waals surface area contributed by atoms with Gasteiger partial charge in [0.15, 0.2) is 0 Å². The minimum atomic E-state index is -2.75. The fourth-order valence-corrected chi connectivity index (χ4v) is 2.47. The van der Waals surface area contributed by atoms with Crippen LogP contribution in [0.5, 0.6) is 0 Å². The lowest BCUT2D eigenvalue weighted by Crippen LogP contribution is -2.44. The molecule has 0 atom stereocenters. The zero-order valence-corrected chi connectivity index (χ0v) is 11.1. The van der Waals surface area contributed by atoms with Crippen LogP contribution in [0.3, 0.4) is 0 Å². The molecule has 5 heteroatoms. The molecule has 0 unspecified atom stereocenters. The van der Waals surface area contributed by atoms with E-state index in [1.807, 2.05) is 0 Å². The maximum atomic E-state index is 13.6. The van der Waals surface area contributed by atoms with Crippen LogP contribution in [0.15, 0.2) is 12.1 Å². The molecule has 1 heterocycles. The van der Waals surface area contributed by atoms with Crippen LogP contribution in [0.2, 0.25) is 0 Å². The van der Waals surface area contributed by atoms with Crippen LogP contribution in [0.4, 0.5) is 13.2 Å². The molecule has 1 aromatic rings. The highest BCUT2D eigenvalue weighted by Crippen LogP contribution is 2.26. The molecule has 1 aliphatic heterocycles. The first-order valence-electron chi connectivity index (χ1n) is 6.58. The number of benzene rings is 1. The summed E-state index contributed by atoms with van der Waals surface area (Å²) in [7, 11) is 0. The summed E-state index contributed by atoms with van der Waals surface area (Å²) in [5, 5.41) is 3.27. The lowest BCUT2D eigenvalue weighted by atomic mass is 10.0. The van der Waals surface area contributed by atoms with Crippen molar-refractivity contribution in [1.29, 1.82) is 0 Å². The second-order valence-electron chi connectivity index (χ2n) is 4.95. The van der Waals surface area contributed by atoms with Gasteiger partial charge in [0.1, 0.15) is 5.82 Å². The first-order chi connectivity index (χ1) is 9.08. The van der Waals surface area contributed by atoms with Crippen LogP contribution in [0, 0.1) is 12.7 Å². The minimum absolute atomic E-state index is 0.338. The van der Waals surface area contributed by atoms with Gasteiger partial charge in [-0.05, 0) is 30.5 Å². The van der Waals surface area contributed by atoms with E-state index in [4.69, 9.17) is 0 Å². The molecule has 1 aromatic carbocycles. The zero-order chi connectivity index (χ0) is 13.8. The van der Waals surface area contributed by atoms with Gasteiger partial charge in [-0.1, -0.05) is 6.07 Å². The fraction of sp³-hybridized carbons (Fsp3) is 0.571. The summed E-state index contributed by atoms with van der Waals surface area (Å²) in [6, 6.07) is 2.92. The molecule has 1 N–H and O–H groups in total. The molecular formula is C14H19F3N2. The molecule has 2 nitrogen and oxygen atoms in total. The first-order valence-corrected chi connectivity index (χ1v) is 6.58. The Hall–Kier alpha value is -1.07. The Morgan fingerprint density at radius 1 is 1.26 bits per heavy atom. The first kappa shape index (κ1) is 14.3. The van der Waals surface area contributed by atoms with Crippen LogP contribution < -0.4 is 5.32 Å². The Morgan fingerprint density at radius 2 is 1.95 bits per heavy atom. The van der Waals surface area contributed by atoms with Gasteiger partial charge in [-0.2, -0.15) is 0 Å². The summed E-state index contributed by atoms with van der Waals surface area (Å²) >= 11 is 0. The zero-order valence-electron chi connectivity index (χ0n) is 11.1. The van der Waals surface area contributed by atoms with Crippen molar-refractivity contribution in [3.63, 3.8) is 0 Å². The smallest absolute Gasteiger partial charge is 0.266 e. The number of rotatable bonds is 4. The van der Waals surface area contributed by atoms with Gasteiger partial charge < -0.3 is 10.2 Å². The van der Waals surface area contributed by atoms with E-state index in [9.17, 15) is 13.2 Å². The molecule has 0 spiro atoms. The van der Waals surface area contributed by atoms with Gasteiger partial charge in [-0.15, -0.1) is 0 Å². The van der Waals surface area contributed by atoms with E-state index in [-0.39, 0.29) is 0 Å². The summed E-state index contributed by atoms with van der Waals surface area (Å²) in [6.45, 7) is 6.29. The predicted molar refractivity (Wildman–Crippen MR) is 69.1 cm³/mol. The van der Waals surface area contributed by atoms with E-state index >= 15 is 0 Å². The summed E-state index contributed by atoms with van der Waals surface area (Å²) in [6.07, 6.45) is -2.05. The van der Waals surface area contributed by atoms with Gasteiger partial charge in [0.2, 0.25) is 0 Å². The molecule has 106 valence electrons. The van der Waals surface area contributed by atoms with E-state index in [1.165, 1.54) is 6.07 Å². The minimum Gasteiger partial charge on any atom is -0.314 e. The van der Waals surface area contributed by atoms with Crippen molar-refractivity contribution >= 4 is 0 Å². The lowest BCUT2D eigenvalue weighted by molar-refractivity contribution is 0.145. The van der Waals surface area contributed by atoms with Crippen molar-refractivity contribution < 1.29 is 13.2 Å². The van der Waals surface area contributed by atoms with Crippen molar-refractivity contribution in [3.05, 3.63) is 34.6 Å². The molecule has 1 aliphatic rings. The van der Waals surface area contributed by atoms with Crippen molar-refractivity contribution in [3.8, 4) is 0 Å². The number of hydrogen-bond donors (Lipinski definition) is 1. The van der Waals surface area contributed by atoms with E-state index in [1.54, 1.807) is 13.0 Å². The Morgan fingerprint density at radius 3 is 2.53 bits per heavy atom. The number of piperazine rings is 1. The lowest BCUT2D eigenvalue weighted by Gasteiger charge is -2.27. The maximum Gasteiger partial charge on any atom is 0.266 e. The third kappa shape index (κ3) is 3.70. The molecule has 0 aliphatic carbocycles. The summed E-state index contributed by atoms with van der Waals surface area (Å²) in [5.41, 5.74) is 0.661. The van der Waals surface area contributed by atoms with Crippen molar-refractivity contribution in [2.75, 3.05) is 32.7 Å². The third-order valence-electron chi connectivity index (χ3n) is 3.54. The average molecular weight is 272 g/mol. The number of hydrogen-bond acceptors (Lipinski definition) is 2. The van der Waals surface area contributed by atoms with E-state index in [0.29, 0.717) is 12.0 Å². The van der Waals surface area contributed by atoms with E-state index in [2.05, 4.69) is 10.2 Å². The number of aryl methyl sites for hydroxylation is 1. The van der Waals surface area contributed by atoms with Gasteiger partial charge in [0.25, 0.3) is 6.43 Å². The molecular weight excluding hydrogens is 253 g/mol. The topological polar surface area (TPSA) is 15.3 Å². The van der Waals surface area contributed by atoms with Crippen LogP contribution in [0.1, 0.15) is 23.1 Å². The molecule has 0 radical (unpaired) electrons. The van der Waals surface area contributed by atoms with Gasteiger partial charge in [0, 0.05) is 32.7 Å². The summed E-state index contributed by atoms with van der Waals surface area (Å²) in [4.78, 5) is 2.30. The second-order valence-corrected chi connectivity index (χ2v) is 4.95. The van der Waals surface area contributed by atoms with Crippen LogP contribution in [-0.4, -0.2) is 37.6 Å². The van der Waals surface area contributed by atoms with Gasteiger partial charge in [-0.25, -0.2) is 13.2 Å². The highest BCUT2D eigenvalue weighted by Gasteiger charge is 2.17. The molecule has 1 saturated heterocycles. The van der Waals surface area contributed by atoms with Crippen LogP contribution >= 0.6 is 0 Å². The largest absolute Gasteiger partial charge is 0.314 e. The second kappa shape index (κ2) is 6.39. The summed E-state index contributed by atoms with van der Waals surface area (Å²) in [5.74, 6) is -0.787. The van der Waals surface area contributed by atoms with Crippen LogP contribution in [-0.2, 0) is 6.42 Å². The summed E-state index contributed by atoms with van der Waals surface area (Å²) < 4.78 is 38.9. The number of nitrogens with zero attached hydrogens (tertiary/aromatic N) is 1. The van der Waals surface area contributed by atoms with E-state index < -0.39 is 17.8 Å². The number of halogens is 3. The molecule has 0 saturated carbocycles. The van der Waals surface area contributed by atoms with Crippen molar-refractivity contribution in [2.24, 2.45) is 0 Å². The monoisotopic (exact) mass is 272 g/mol. The Labute approximate surface area is 111 Å². The normalized spacial score (nSPS) is 17.1. The fourth-order valence-electron chi connectivity index (χ4n) is 2.47. The molecule has 0 bridgehead atoms. The predicted octanol–water partition coefficient (Wildman–Crippen LogP) is 2.52. The third-order valence-corrected chi connectivity index (χ3v) is 3.54. The molecule has 1 fully saturated rings. The standard InChI is InChI=1S/C14H19F3N2/c1-10-8-11(9-12(15)13(10)14(16)17)2-5-19-6-3-18-4-7-19/h8-9,14,18H,2-7H2,1H3. The van der Waals surface area contributed by atoms with Crippen molar-refractivity contribution in [1.82, 2.24) is 10.2 Å². The molecule has 0 aromatic heterocycles. The highest BCUT2D eigenvalue weighted by atomic mass is 19.3. The van der Waals surface area contributed by atoms with Crippen LogP contribution in [0.25, 0.3) is 0 Å². The van der Waals surface area contributed by atoms with E-state index in [0.717, 1.165) is 38.3 Å². The van der Waals surface area contributed by atoms with Gasteiger partial charge in [-0.3, -0.25) is 0 Å². The quantitative estimate of drug-likeness (QED) is 0.906. The Bertz CT molecular complexity index is 406. The molecule has 0 amide bonds. The highest BCUT2D eigenvalue weighted by molar-refractivity contribution is 5.33. The van der Waals surface area contributed by atoms with Crippen molar-refractivity contribution in [2.45, 2.75) is 19.8 Å². The molecule has 19 heavy (non-hydrogen) atoms. The molecule has 2 rings (SSSR count). The Kier molecular flexibility index (Phi) is 4.82. The number of alkyl halides is 2. The SMILES string of the molecule is Cc1cc(CCN2CCNCC2)cc(F)c1C(F)F. The number of nitrogens with one attached hydrogen (secondary N) is 1. The Balaban J connectivity index is 2.01. The average Bonchev–Trinajstić information content (AvgIpc) is 2.36. The maximum absolute atomic E-state index is 13.6. The van der Waals surface area contributed by atoms with Gasteiger partial charge in [0.05, 0.1) is 5.56 Å². The van der Waals surface area contributed by atoms with Gasteiger partial charge >= 0.3 is 0 Å².